The first kappa shape index (κ1) is 25.9. The predicted molar refractivity (Wildman–Crippen MR) is 133 cm³/mol. The number of pyridine rings is 2. The summed E-state index contributed by atoms with van der Waals surface area (Å²) >= 11 is 0. The lowest BCUT2D eigenvalue weighted by Gasteiger charge is -2.18. The first-order valence-corrected chi connectivity index (χ1v) is 10.9. The summed E-state index contributed by atoms with van der Waals surface area (Å²) < 4.78 is 47.9. The highest BCUT2D eigenvalue weighted by molar-refractivity contribution is 6.03. The predicted octanol–water partition coefficient (Wildman–Crippen LogP) is 2.62. The van der Waals surface area contributed by atoms with Gasteiger partial charge in [0.15, 0.2) is 17.2 Å². The van der Waals surface area contributed by atoms with Gasteiger partial charge in [-0.1, -0.05) is 0 Å². The van der Waals surface area contributed by atoms with Crippen LogP contribution < -0.4 is 26.2 Å². The molecule has 0 fully saturated rings. The fourth-order valence-electron chi connectivity index (χ4n) is 3.69. The van der Waals surface area contributed by atoms with Gasteiger partial charge in [0.2, 0.25) is 5.95 Å². The Morgan fingerprint density at radius 1 is 1.34 bits per heavy atom. The number of anilines is 2. The number of nitrogens with one attached hydrogen (secondary N) is 4. The number of aryl methyl sites for hydroxylation is 2. The summed E-state index contributed by atoms with van der Waals surface area (Å²) in [5.41, 5.74) is -0.880. The SMILES string of the molecule is CNC1=CN/C(=C(\C=N)Oc2cnc3nc(Nc4cc(C(F)(F)F)cn(C)c4=O)n(C)c3c2C#N)C(C)=N1. The van der Waals surface area contributed by atoms with Gasteiger partial charge < -0.3 is 35.2 Å². The topological polar surface area (TPSA) is 158 Å². The molecule has 15 heteroatoms. The van der Waals surface area contributed by atoms with Crippen LogP contribution in [0.3, 0.4) is 0 Å². The van der Waals surface area contributed by atoms with E-state index in [2.05, 4.69) is 30.9 Å². The van der Waals surface area contributed by atoms with Crippen LogP contribution in [0.15, 0.2) is 51.7 Å². The number of ether oxygens (including phenoxy) is 1. The molecule has 1 aliphatic rings. The molecule has 38 heavy (non-hydrogen) atoms. The summed E-state index contributed by atoms with van der Waals surface area (Å²) in [7, 11) is 4.41. The number of allylic oxidation sites excluding steroid dienone is 2. The molecule has 0 aromatic carbocycles. The second kappa shape index (κ2) is 9.73. The van der Waals surface area contributed by atoms with E-state index >= 15 is 0 Å². The number of nitrogens with zero attached hydrogens (tertiary/aromatic N) is 6. The zero-order valence-corrected chi connectivity index (χ0v) is 20.5. The summed E-state index contributed by atoms with van der Waals surface area (Å²) in [5, 5.41) is 26.2. The van der Waals surface area contributed by atoms with E-state index in [4.69, 9.17) is 10.1 Å². The third-order valence-corrected chi connectivity index (χ3v) is 5.59. The normalized spacial score (nSPS) is 14.7. The maximum absolute atomic E-state index is 13.3. The van der Waals surface area contributed by atoms with Crippen LogP contribution >= 0.6 is 0 Å². The van der Waals surface area contributed by atoms with Crippen molar-refractivity contribution in [3.8, 4) is 11.8 Å². The summed E-state index contributed by atoms with van der Waals surface area (Å²) in [4.78, 5) is 25.3. The lowest BCUT2D eigenvalue weighted by atomic mass is 10.2. The zero-order chi connectivity index (χ0) is 27.8. The third-order valence-electron chi connectivity index (χ3n) is 5.59. The van der Waals surface area contributed by atoms with Gasteiger partial charge in [0.25, 0.3) is 5.56 Å². The number of aliphatic imine (C=N–C) groups is 1. The number of alkyl halides is 3. The Labute approximate surface area is 213 Å². The van der Waals surface area contributed by atoms with E-state index in [1.165, 1.54) is 24.9 Å². The molecule has 0 unspecified atom stereocenters. The molecule has 0 spiro atoms. The molecule has 196 valence electrons. The van der Waals surface area contributed by atoms with E-state index in [-0.39, 0.29) is 39.9 Å². The molecule has 0 aliphatic carbocycles. The van der Waals surface area contributed by atoms with E-state index in [9.17, 15) is 23.2 Å². The zero-order valence-electron chi connectivity index (χ0n) is 20.5. The van der Waals surface area contributed by atoms with Crippen molar-refractivity contribution in [3.63, 3.8) is 0 Å². The minimum absolute atomic E-state index is 0.00630. The first-order chi connectivity index (χ1) is 18.0. The van der Waals surface area contributed by atoms with Crippen molar-refractivity contribution in [2.24, 2.45) is 19.1 Å². The fourth-order valence-corrected chi connectivity index (χ4v) is 3.69. The molecule has 1 aliphatic heterocycles. The van der Waals surface area contributed by atoms with Crippen molar-refractivity contribution in [3.05, 3.63) is 63.4 Å². The van der Waals surface area contributed by atoms with Crippen LogP contribution in [0.25, 0.3) is 11.2 Å². The largest absolute Gasteiger partial charge is 0.450 e. The van der Waals surface area contributed by atoms with E-state index in [1.54, 1.807) is 20.2 Å². The molecule has 0 atom stereocenters. The molecule has 0 saturated heterocycles. The van der Waals surface area contributed by atoms with Crippen molar-refractivity contribution in [1.82, 2.24) is 29.7 Å². The Hall–Kier alpha value is -5.13. The molecule has 12 nitrogen and oxygen atoms in total. The highest BCUT2D eigenvalue weighted by Gasteiger charge is 2.32. The number of hydrogen-bond acceptors (Lipinski definition) is 10. The number of fused-ring (bicyclic) bond motifs is 1. The van der Waals surface area contributed by atoms with Crippen LogP contribution in [-0.2, 0) is 20.3 Å². The summed E-state index contributed by atoms with van der Waals surface area (Å²) in [5.74, 6) is 0.614. The van der Waals surface area contributed by atoms with Crippen LogP contribution in [-0.4, -0.2) is 38.1 Å². The fraction of sp³-hybridized carbons (Fsp3) is 0.217. The second-order valence-corrected chi connectivity index (χ2v) is 8.06. The highest BCUT2D eigenvalue weighted by Crippen LogP contribution is 2.32. The van der Waals surface area contributed by atoms with E-state index in [0.717, 1.165) is 10.8 Å². The van der Waals surface area contributed by atoms with Crippen LogP contribution in [0.5, 0.6) is 5.75 Å². The van der Waals surface area contributed by atoms with Crippen molar-refractivity contribution >= 4 is 34.7 Å². The average molecular weight is 526 g/mol. The van der Waals surface area contributed by atoms with Gasteiger partial charge in [-0.05, 0) is 13.0 Å². The van der Waals surface area contributed by atoms with Crippen molar-refractivity contribution in [2.75, 3.05) is 12.4 Å². The van der Waals surface area contributed by atoms with Crippen LogP contribution in [0.1, 0.15) is 18.1 Å². The van der Waals surface area contributed by atoms with Gasteiger partial charge in [-0.3, -0.25) is 4.79 Å². The molecular formula is C23H21F3N10O2. The quantitative estimate of drug-likeness (QED) is 0.282. The molecule has 3 aromatic rings. The molecule has 0 radical (unpaired) electrons. The van der Waals surface area contributed by atoms with Gasteiger partial charge >= 0.3 is 6.18 Å². The molecule has 4 rings (SSSR count). The van der Waals surface area contributed by atoms with Gasteiger partial charge in [-0.25, -0.2) is 9.98 Å². The standard InChI is InChI=1S/C23H21F3N10O2/c1-11-18(30-9-17(29-2)32-11)15(7-28)38-16-8-31-20-19(13(16)6-27)36(4)22(34-20)33-14-5-12(23(24,25)26)10-35(3)21(14)37/h5,7-10,28-30H,1-4H3,(H,31,33,34)/b18-15+,28-7?. The van der Waals surface area contributed by atoms with Gasteiger partial charge in [-0.15, -0.1) is 0 Å². The Morgan fingerprint density at radius 2 is 2.08 bits per heavy atom. The average Bonchev–Trinajstić information content (AvgIpc) is 3.19. The third kappa shape index (κ3) is 4.66. The van der Waals surface area contributed by atoms with E-state index < -0.39 is 17.3 Å². The summed E-state index contributed by atoms with van der Waals surface area (Å²) in [6.45, 7) is 1.71. The Bertz CT molecular complexity index is 1650. The molecular weight excluding hydrogens is 505 g/mol. The van der Waals surface area contributed by atoms with Crippen molar-refractivity contribution in [1.29, 1.82) is 10.7 Å². The molecule has 0 bridgehead atoms. The monoisotopic (exact) mass is 526 g/mol. The Kier molecular flexibility index (Phi) is 6.64. The molecule has 4 heterocycles. The van der Waals surface area contributed by atoms with Crippen LogP contribution in [0.2, 0.25) is 0 Å². The first-order valence-electron chi connectivity index (χ1n) is 10.9. The molecule has 4 N–H and O–H groups in total. The number of rotatable bonds is 6. The van der Waals surface area contributed by atoms with Gasteiger partial charge in [0.1, 0.15) is 34.4 Å². The number of imidazole rings is 1. The smallest absolute Gasteiger partial charge is 0.417 e. The van der Waals surface area contributed by atoms with Crippen LogP contribution in [0, 0.1) is 16.7 Å². The Morgan fingerprint density at radius 3 is 2.68 bits per heavy atom. The minimum atomic E-state index is -4.67. The number of hydrogen-bond donors (Lipinski definition) is 4. The summed E-state index contributed by atoms with van der Waals surface area (Å²) in [6, 6.07) is 2.71. The number of halogens is 3. The maximum atomic E-state index is 13.3. The van der Waals surface area contributed by atoms with Crippen molar-refractivity contribution in [2.45, 2.75) is 13.1 Å². The van der Waals surface area contributed by atoms with Gasteiger partial charge in [0, 0.05) is 33.5 Å². The maximum Gasteiger partial charge on any atom is 0.417 e. The second-order valence-electron chi connectivity index (χ2n) is 8.06. The van der Waals surface area contributed by atoms with Gasteiger partial charge in [-0.2, -0.15) is 23.4 Å². The molecule has 3 aromatic heterocycles. The molecule has 0 saturated carbocycles. The van der Waals surface area contributed by atoms with Crippen LogP contribution in [0.4, 0.5) is 24.8 Å². The van der Waals surface area contributed by atoms with E-state index in [1.807, 2.05) is 6.07 Å². The van der Waals surface area contributed by atoms with E-state index in [0.29, 0.717) is 29.5 Å². The minimum Gasteiger partial charge on any atom is -0.450 e. The number of aromatic nitrogens is 4. The van der Waals surface area contributed by atoms with Gasteiger partial charge in [0.05, 0.1) is 23.7 Å². The lowest BCUT2D eigenvalue weighted by molar-refractivity contribution is -0.138. The summed E-state index contributed by atoms with van der Waals surface area (Å²) in [6.07, 6.45) is -0.198. The molecule has 0 amide bonds. The number of nitriles is 1. The lowest BCUT2D eigenvalue weighted by Crippen LogP contribution is -2.25. The Balaban J connectivity index is 1.77. The highest BCUT2D eigenvalue weighted by atomic mass is 19.4. The van der Waals surface area contributed by atoms with Crippen molar-refractivity contribution < 1.29 is 17.9 Å².